The SMILES string of the molecule is N/C(=N\O)c1nonc1N1CCOCC1. The minimum atomic E-state index is -0.113. The van der Waals surface area contributed by atoms with Gasteiger partial charge in [-0.2, -0.15) is 0 Å². The van der Waals surface area contributed by atoms with Gasteiger partial charge in [0.1, 0.15) is 0 Å². The van der Waals surface area contributed by atoms with Crippen LogP contribution in [0.3, 0.4) is 0 Å². The van der Waals surface area contributed by atoms with E-state index >= 15 is 0 Å². The summed E-state index contributed by atoms with van der Waals surface area (Å²) in [6.07, 6.45) is 0. The third-order valence-corrected chi connectivity index (χ3v) is 2.13. The van der Waals surface area contributed by atoms with E-state index in [-0.39, 0.29) is 11.5 Å². The summed E-state index contributed by atoms with van der Waals surface area (Å²) >= 11 is 0. The van der Waals surface area contributed by atoms with Crippen molar-refractivity contribution in [3.63, 3.8) is 0 Å². The van der Waals surface area contributed by atoms with Gasteiger partial charge in [-0.3, -0.25) is 0 Å². The molecule has 1 aliphatic rings. The summed E-state index contributed by atoms with van der Waals surface area (Å²) in [6, 6.07) is 0. The molecule has 0 spiro atoms. The van der Waals surface area contributed by atoms with Crippen molar-refractivity contribution in [3.05, 3.63) is 5.69 Å². The van der Waals surface area contributed by atoms with Crippen LogP contribution in [0.2, 0.25) is 0 Å². The van der Waals surface area contributed by atoms with Gasteiger partial charge in [0, 0.05) is 13.1 Å². The Morgan fingerprint density at radius 2 is 2.13 bits per heavy atom. The topological polar surface area (TPSA) is 110 Å². The van der Waals surface area contributed by atoms with Crippen LogP contribution < -0.4 is 10.6 Å². The Bertz CT molecular complexity index is 357. The molecule has 1 fully saturated rings. The van der Waals surface area contributed by atoms with Crippen LogP contribution in [-0.4, -0.2) is 47.7 Å². The van der Waals surface area contributed by atoms with Gasteiger partial charge in [0.05, 0.1) is 13.2 Å². The largest absolute Gasteiger partial charge is 0.409 e. The van der Waals surface area contributed by atoms with Crippen molar-refractivity contribution in [1.82, 2.24) is 10.3 Å². The number of ether oxygens (including phenoxy) is 1. The molecule has 1 saturated heterocycles. The highest BCUT2D eigenvalue weighted by Crippen LogP contribution is 2.16. The van der Waals surface area contributed by atoms with E-state index < -0.39 is 0 Å². The van der Waals surface area contributed by atoms with Crippen LogP contribution in [0.5, 0.6) is 0 Å². The standard InChI is InChI=1S/C7H11N5O3/c8-6(9-13)5-7(11-15-10-5)12-1-3-14-4-2-12/h13H,1-4H2,(H2,8,9). The molecule has 1 aromatic rings. The van der Waals surface area contributed by atoms with E-state index in [1.54, 1.807) is 0 Å². The first-order valence-corrected chi connectivity index (χ1v) is 4.46. The van der Waals surface area contributed by atoms with Crippen molar-refractivity contribution in [3.8, 4) is 0 Å². The van der Waals surface area contributed by atoms with Crippen molar-refractivity contribution in [2.75, 3.05) is 31.2 Å². The lowest BCUT2D eigenvalue weighted by Gasteiger charge is -2.26. The Labute approximate surface area is 85.2 Å². The molecule has 2 heterocycles. The summed E-state index contributed by atoms with van der Waals surface area (Å²) in [5, 5.41) is 18.7. The van der Waals surface area contributed by atoms with Gasteiger partial charge < -0.3 is 20.6 Å². The molecule has 0 unspecified atom stereocenters. The molecule has 1 aromatic heterocycles. The van der Waals surface area contributed by atoms with E-state index in [2.05, 4.69) is 20.1 Å². The zero-order valence-electron chi connectivity index (χ0n) is 7.96. The minimum Gasteiger partial charge on any atom is -0.409 e. The first-order chi connectivity index (χ1) is 7.33. The Balaban J connectivity index is 2.23. The van der Waals surface area contributed by atoms with Gasteiger partial charge in [-0.1, -0.05) is 5.16 Å². The van der Waals surface area contributed by atoms with Crippen molar-refractivity contribution in [2.45, 2.75) is 0 Å². The Hall–Kier alpha value is -1.83. The van der Waals surface area contributed by atoms with Gasteiger partial charge in [-0.25, -0.2) is 4.63 Å². The summed E-state index contributed by atoms with van der Waals surface area (Å²) in [5.74, 6) is 0.367. The van der Waals surface area contributed by atoms with E-state index in [0.717, 1.165) is 0 Å². The Morgan fingerprint density at radius 1 is 1.40 bits per heavy atom. The molecule has 8 nitrogen and oxygen atoms in total. The first-order valence-electron chi connectivity index (χ1n) is 4.46. The molecule has 82 valence electrons. The van der Waals surface area contributed by atoms with Gasteiger partial charge >= 0.3 is 0 Å². The molecule has 15 heavy (non-hydrogen) atoms. The zero-order valence-corrected chi connectivity index (χ0v) is 7.96. The number of morpholine rings is 1. The van der Waals surface area contributed by atoms with Crippen LogP contribution >= 0.6 is 0 Å². The number of oxime groups is 1. The fourth-order valence-corrected chi connectivity index (χ4v) is 1.38. The predicted octanol–water partition coefficient (Wildman–Crippen LogP) is -0.999. The molecule has 0 amide bonds. The van der Waals surface area contributed by atoms with Crippen LogP contribution in [0.25, 0.3) is 0 Å². The molecular weight excluding hydrogens is 202 g/mol. The van der Waals surface area contributed by atoms with Gasteiger partial charge in [-0.15, -0.1) is 0 Å². The molecule has 0 aliphatic carbocycles. The molecule has 3 N–H and O–H groups in total. The maximum Gasteiger partial charge on any atom is 0.205 e. The molecule has 0 aromatic carbocycles. The summed E-state index contributed by atoms with van der Waals surface area (Å²) in [5.41, 5.74) is 5.68. The normalized spacial score (nSPS) is 18.1. The van der Waals surface area contributed by atoms with Crippen molar-refractivity contribution >= 4 is 11.7 Å². The summed E-state index contributed by atoms with van der Waals surface area (Å²) < 4.78 is 9.76. The number of rotatable bonds is 2. The van der Waals surface area contributed by atoms with Crippen molar-refractivity contribution in [1.29, 1.82) is 0 Å². The second kappa shape index (κ2) is 4.13. The summed E-state index contributed by atoms with van der Waals surface area (Å²) in [7, 11) is 0. The molecule has 2 rings (SSSR count). The van der Waals surface area contributed by atoms with Gasteiger partial charge in [0.25, 0.3) is 0 Å². The highest BCUT2D eigenvalue weighted by atomic mass is 16.6. The summed E-state index contributed by atoms with van der Waals surface area (Å²) in [6.45, 7) is 2.59. The van der Waals surface area contributed by atoms with Crippen LogP contribution in [0.15, 0.2) is 9.78 Å². The minimum absolute atomic E-state index is 0.113. The smallest absolute Gasteiger partial charge is 0.205 e. The average Bonchev–Trinajstić information content (AvgIpc) is 2.78. The number of amidine groups is 1. The van der Waals surface area contributed by atoms with Crippen molar-refractivity contribution < 1.29 is 14.6 Å². The molecule has 0 radical (unpaired) electrons. The van der Waals surface area contributed by atoms with Gasteiger partial charge in [0.15, 0.2) is 11.5 Å². The monoisotopic (exact) mass is 213 g/mol. The molecule has 0 bridgehead atoms. The molecule has 0 saturated carbocycles. The third-order valence-electron chi connectivity index (χ3n) is 2.13. The van der Waals surface area contributed by atoms with Gasteiger partial charge in [-0.05, 0) is 10.3 Å². The average molecular weight is 213 g/mol. The lowest BCUT2D eigenvalue weighted by molar-refractivity contribution is 0.122. The second-order valence-electron chi connectivity index (χ2n) is 3.02. The van der Waals surface area contributed by atoms with Crippen LogP contribution in [0, 0.1) is 0 Å². The predicted molar refractivity (Wildman–Crippen MR) is 49.8 cm³/mol. The van der Waals surface area contributed by atoms with E-state index in [1.807, 2.05) is 4.90 Å². The highest BCUT2D eigenvalue weighted by Gasteiger charge is 2.22. The summed E-state index contributed by atoms with van der Waals surface area (Å²) in [4.78, 5) is 1.91. The number of nitrogens with zero attached hydrogens (tertiary/aromatic N) is 4. The number of anilines is 1. The molecular formula is C7H11N5O3. The maximum atomic E-state index is 8.54. The van der Waals surface area contributed by atoms with E-state index in [1.165, 1.54) is 0 Å². The number of aromatic nitrogens is 2. The second-order valence-corrected chi connectivity index (χ2v) is 3.02. The van der Waals surface area contributed by atoms with Gasteiger partial charge in [0.2, 0.25) is 5.82 Å². The molecule has 8 heteroatoms. The Kier molecular flexibility index (Phi) is 2.68. The molecule has 1 aliphatic heterocycles. The molecule has 0 atom stereocenters. The van der Waals surface area contributed by atoms with E-state index in [0.29, 0.717) is 32.1 Å². The number of hydrogen-bond acceptors (Lipinski definition) is 7. The Morgan fingerprint density at radius 3 is 2.80 bits per heavy atom. The fraction of sp³-hybridized carbons (Fsp3) is 0.571. The fourth-order valence-electron chi connectivity index (χ4n) is 1.38. The number of hydrogen-bond donors (Lipinski definition) is 2. The van der Waals surface area contributed by atoms with Crippen molar-refractivity contribution in [2.24, 2.45) is 10.9 Å². The van der Waals surface area contributed by atoms with Crippen LogP contribution in [0.1, 0.15) is 5.69 Å². The highest BCUT2D eigenvalue weighted by molar-refractivity contribution is 5.99. The lowest BCUT2D eigenvalue weighted by Crippen LogP contribution is -2.37. The van der Waals surface area contributed by atoms with E-state index in [4.69, 9.17) is 15.7 Å². The third kappa shape index (κ3) is 1.84. The van der Waals surface area contributed by atoms with E-state index in [9.17, 15) is 0 Å². The zero-order chi connectivity index (χ0) is 10.7. The maximum absolute atomic E-state index is 8.54. The van der Waals surface area contributed by atoms with Crippen LogP contribution in [-0.2, 0) is 4.74 Å². The quantitative estimate of drug-likeness (QED) is 0.280. The first kappa shape index (κ1) is 9.71. The van der Waals surface area contributed by atoms with Crippen LogP contribution in [0.4, 0.5) is 5.82 Å². The number of nitrogens with two attached hydrogens (primary N) is 1. The lowest BCUT2D eigenvalue weighted by atomic mass is 10.3.